The molecule has 0 spiro atoms. The first-order valence-corrected chi connectivity index (χ1v) is 7.68. The molecule has 0 radical (unpaired) electrons. The van der Waals surface area contributed by atoms with Crippen molar-refractivity contribution in [1.29, 1.82) is 0 Å². The van der Waals surface area contributed by atoms with Gasteiger partial charge in [-0.1, -0.05) is 12.1 Å². The molecule has 24 heavy (non-hydrogen) atoms. The summed E-state index contributed by atoms with van der Waals surface area (Å²) in [7, 11) is 2.50. The molecule has 126 valence electrons. The predicted octanol–water partition coefficient (Wildman–Crippen LogP) is 2.46. The molecule has 2 aromatic rings. The van der Waals surface area contributed by atoms with E-state index in [2.05, 4.69) is 14.8 Å². The summed E-state index contributed by atoms with van der Waals surface area (Å²) >= 11 is 0.981. The number of methoxy groups -OCH3 is 2. The maximum absolute atomic E-state index is 12.5. The van der Waals surface area contributed by atoms with Gasteiger partial charge in [-0.3, -0.25) is 4.79 Å². The minimum atomic E-state index is -0.602. The van der Waals surface area contributed by atoms with Crippen molar-refractivity contribution in [3.8, 4) is 0 Å². The van der Waals surface area contributed by atoms with Crippen LogP contribution in [0.3, 0.4) is 0 Å². The maximum atomic E-state index is 12.5. The minimum absolute atomic E-state index is 0.175. The molecule has 0 atom stereocenters. The van der Waals surface area contributed by atoms with Gasteiger partial charge in [0.05, 0.1) is 35.9 Å². The molecule has 0 unspecified atom stereocenters. The van der Waals surface area contributed by atoms with Crippen LogP contribution in [0.2, 0.25) is 0 Å². The lowest BCUT2D eigenvalue weighted by atomic mass is 10.1. The molecule has 8 heteroatoms. The third kappa shape index (κ3) is 3.23. The SMILES string of the molecule is COC(=O)c1ccccc1NC(=O)c1sc(N)c(C(=O)OC)c1C. The average Bonchev–Trinajstić information content (AvgIpc) is 2.88. The zero-order valence-electron chi connectivity index (χ0n) is 13.3. The highest BCUT2D eigenvalue weighted by Crippen LogP contribution is 2.32. The van der Waals surface area contributed by atoms with Crippen molar-refractivity contribution in [1.82, 2.24) is 0 Å². The van der Waals surface area contributed by atoms with E-state index in [4.69, 9.17) is 5.73 Å². The van der Waals surface area contributed by atoms with Gasteiger partial charge in [0.2, 0.25) is 0 Å². The maximum Gasteiger partial charge on any atom is 0.341 e. The molecule has 2 rings (SSSR count). The molecule has 1 amide bonds. The summed E-state index contributed by atoms with van der Waals surface area (Å²) in [6, 6.07) is 6.46. The van der Waals surface area contributed by atoms with Crippen molar-refractivity contribution in [2.45, 2.75) is 6.92 Å². The van der Waals surface area contributed by atoms with Crippen LogP contribution in [0, 0.1) is 6.92 Å². The fourth-order valence-electron chi connectivity index (χ4n) is 2.17. The van der Waals surface area contributed by atoms with Crippen LogP contribution in [-0.4, -0.2) is 32.1 Å². The van der Waals surface area contributed by atoms with Crippen molar-refractivity contribution in [3.05, 3.63) is 45.8 Å². The molecular formula is C16H16N2O5S. The van der Waals surface area contributed by atoms with Gasteiger partial charge in [-0.25, -0.2) is 9.59 Å². The zero-order valence-corrected chi connectivity index (χ0v) is 14.2. The van der Waals surface area contributed by atoms with Crippen molar-refractivity contribution in [3.63, 3.8) is 0 Å². The fraction of sp³-hybridized carbons (Fsp3) is 0.188. The topological polar surface area (TPSA) is 108 Å². The summed E-state index contributed by atoms with van der Waals surface area (Å²) in [6.07, 6.45) is 0. The van der Waals surface area contributed by atoms with Crippen molar-refractivity contribution >= 4 is 39.9 Å². The highest BCUT2D eigenvalue weighted by Gasteiger charge is 2.24. The van der Waals surface area contributed by atoms with Gasteiger partial charge in [0, 0.05) is 0 Å². The molecule has 0 aliphatic carbocycles. The number of nitrogen functional groups attached to an aromatic ring is 1. The zero-order chi connectivity index (χ0) is 17.9. The van der Waals surface area contributed by atoms with Crippen LogP contribution in [0.4, 0.5) is 10.7 Å². The van der Waals surface area contributed by atoms with Gasteiger partial charge in [0.15, 0.2) is 0 Å². The van der Waals surface area contributed by atoms with Gasteiger partial charge in [-0.2, -0.15) is 0 Å². The number of benzene rings is 1. The average molecular weight is 348 g/mol. The van der Waals surface area contributed by atoms with E-state index in [1.54, 1.807) is 25.1 Å². The second-order valence-corrected chi connectivity index (χ2v) is 5.83. The van der Waals surface area contributed by atoms with Crippen LogP contribution < -0.4 is 11.1 Å². The number of amides is 1. The Morgan fingerprint density at radius 2 is 1.71 bits per heavy atom. The van der Waals surface area contributed by atoms with Gasteiger partial charge in [0.1, 0.15) is 5.00 Å². The standard InChI is InChI=1S/C16H16N2O5S/c1-8-11(16(21)23-3)13(17)24-12(8)14(19)18-10-7-5-4-6-9(10)15(20)22-2/h4-7H,17H2,1-3H3,(H,18,19). The molecule has 0 aliphatic heterocycles. The summed E-state index contributed by atoms with van der Waals surface area (Å²) in [5.74, 6) is -1.64. The van der Waals surface area contributed by atoms with E-state index < -0.39 is 17.8 Å². The molecule has 0 bridgehead atoms. The van der Waals surface area contributed by atoms with Crippen LogP contribution in [0.1, 0.15) is 36.0 Å². The summed E-state index contributed by atoms with van der Waals surface area (Å²) in [6.45, 7) is 1.61. The Labute approximate surface area is 142 Å². The molecule has 1 heterocycles. The van der Waals surface area contributed by atoms with Crippen molar-refractivity contribution in [2.24, 2.45) is 0 Å². The lowest BCUT2D eigenvalue weighted by molar-refractivity contribution is 0.0593. The Hall–Kier alpha value is -2.87. The Morgan fingerprint density at radius 3 is 2.33 bits per heavy atom. The predicted molar refractivity (Wildman–Crippen MR) is 90.5 cm³/mol. The molecular weight excluding hydrogens is 332 g/mol. The number of anilines is 2. The van der Waals surface area contributed by atoms with Gasteiger partial charge in [0.25, 0.3) is 5.91 Å². The molecule has 0 aliphatic rings. The Morgan fingerprint density at radius 1 is 1.08 bits per heavy atom. The highest BCUT2D eigenvalue weighted by atomic mass is 32.1. The third-order valence-electron chi connectivity index (χ3n) is 3.35. The number of para-hydroxylation sites is 1. The van der Waals surface area contributed by atoms with E-state index in [1.807, 2.05) is 0 Å². The second kappa shape index (κ2) is 7.14. The summed E-state index contributed by atoms with van der Waals surface area (Å²) < 4.78 is 9.36. The third-order valence-corrected chi connectivity index (χ3v) is 4.47. The first-order chi connectivity index (χ1) is 11.4. The first kappa shape index (κ1) is 17.5. The minimum Gasteiger partial charge on any atom is -0.465 e. The van der Waals surface area contributed by atoms with E-state index in [0.29, 0.717) is 11.3 Å². The Balaban J connectivity index is 2.36. The van der Waals surface area contributed by atoms with Crippen LogP contribution >= 0.6 is 11.3 Å². The normalized spacial score (nSPS) is 10.1. The van der Waals surface area contributed by atoms with E-state index in [0.717, 1.165) is 11.3 Å². The van der Waals surface area contributed by atoms with Gasteiger partial charge in [-0.15, -0.1) is 11.3 Å². The molecule has 0 saturated heterocycles. The number of thiophene rings is 1. The van der Waals surface area contributed by atoms with Gasteiger partial charge < -0.3 is 20.5 Å². The van der Waals surface area contributed by atoms with E-state index >= 15 is 0 Å². The van der Waals surface area contributed by atoms with Crippen LogP contribution in [-0.2, 0) is 9.47 Å². The number of carbonyl (C=O) groups excluding carboxylic acids is 3. The molecule has 3 N–H and O–H groups in total. The van der Waals surface area contributed by atoms with E-state index in [-0.39, 0.29) is 21.0 Å². The smallest absolute Gasteiger partial charge is 0.341 e. The highest BCUT2D eigenvalue weighted by molar-refractivity contribution is 7.18. The number of nitrogens with two attached hydrogens (primary N) is 1. The molecule has 1 aromatic heterocycles. The molecule has 1 aromatic carbocycles. The summed E-state index contributed by atoms with van der Waals surface area (Å²) in [5, 5.41) is 2.84. The van der Waals surface area contributed by atoms with Gasteiger partial charge in [-0.05, 0) is 24.6 Å². The van der Waals surface area contributed by atoms with Crippen LogP contribution in [0.15, 0.2) is 24.3 Å². The molecule has 0 fully saturated rings. The number of nitrogens with one attached hydrogen (secondary N) is 1. The number of hydrogen-bond acceptors (Lipinski definition) is 7. The van der Waals surface area contributed by atoms with E-state index in [1.165, 1.54) is 20.3 Å². The quantitative estimate of drug-likeness (QED) is 0.822. The number of hydrogen-bond donors (Lipinski definition) is 2. The fourth-order valence-corrected chi connectivity index (χ4v) is 3.12. The summed E-state index contributed by atoms with van der Waals surface area (Å²) in [5.41, 5.74) is 6.95. The Kier molecular flexibility index (Phi) is 5.20. The van der Waals surface area contributed by atoms with E-state index in [9.17, 15) is 14.4 Å². The van der Waals surface area contributed by atoms with Crippen LogP contribution in [0.5, 0.6) is 0 Å². The second-order valence-electron chi connectivity index (χ2n) is 4.78. The van der Waals surface area contributed by atoms with Gasteiger partial charge >= 0.3 is 11.9 Å². The first-order valence-electron chi connectivity index (χ1n) is 6.86. The summed E-state index contributed by atoms with van der Waals surface area (Å²) in [4.78, 5) is 36.3. The monoisotopic (exact) mass is 348 g/mol. The number of ether oxygens (including phenoxy) is 2. The molecule has 7 nitrogen and oxygen atoms in total. The number of esters is 2. The lowest BCUT2D eigenvalue weighted by Gasteiger charge is -2.09. The van der Waals surface area contributed by atoms with Crippen molar-refractivity contribution < 1.29 is 23.9 Å². The number of carbonyl (C=O) groups is 3. The Bertz CT molecular complexity index is 813. The lowest BCUT2D eigenvalue weighted by Crippen LogP contribution is -2.15. The van der Waals surface area contributed by atoms with Crippen molar-refractivity contribution in [2.75, 3.05) is 25.3 Å². The molecule has 0 saturated carbocycles. The number of rotatable bonds is 4. The largest absolute Gasteiger partial charge is 0.465 e. The van der Waals surface area contributed by atoms with Crippen LogP contribution in [0.25, 0.3) is 0 Å².